The first-order valence-corrected chi connectivity index (χ1v) is 5.03. The van der Waals surface area contributed by atoms with E-state index >= 15 is 0 Å². The van der Waals surface area contributed by atoms with Crippen molar-refractivity contribution in [2.45, 2.75) is 0 Å². The first-order valence-electron chi connectivity index (χ1n) is 5.03. The van der Waals surface area contributed by atoms with E-state index in [0.717, 1.165) is 25.0 Å². The standard InChI is InChI=1S/C8H8NO.C5H5.Fe/c1-2-4-7(3-1)8-9-5-6-10-8;1-2-4-5-3-1;/h1-4H,5-6H2;1-5H;. The molecule has 1 aliphatic heterocycles. The zero-order valence-electron chi connectivity index (χ0n) is 8.82. The van der Waals surface area contributed by atoms with Gasteiger partial charge >= 0.3 is 0 Å². The monoisotopic (exact) mass is 255 g/mol. The Kier molecular flexibility index (Phi) is 7.14. The summed E-state index contributed by atoms with van der Waals surface area (Å²) < 4.78 is 5.25. The van der Waals surface area contributed by atoms with Crippen LogP contribution in [0.4, 0.5) is 0 Å². The number of aliphatic imine (C=N–C) groups is 1. The molecular formula is C13H13FeNO. The van der Waals surface area contributed by atoms with Crippen LogP contribution >= 0.6 is 0 Å². The summed E-state index contributed by atoms with van der Waals surface area (Å²) in [5.74, 6) is 1.89. The number of ether oxygens (including phenoxy) is 1. The Balaban J connectivity index is 0.000000183. The Morgan fingerprint density at radius 2 is 1.44 bits per heavy atom. The van der Waals surface area contributed by atoms with Crippen LogP contribution in [-0.2, 0) is 21.8 Å². The van der Waals surface area contributed by atoms with Crippen molar-refractivity contribution in [3.63, 3.8) is 0 Å². The third kappa shape index (κ3) is 4.47. The second kappa shape index (κ2) is 8.14. The SMILES string of the molecule is [CH]1[CH][CH][CH][CH]1.[CH]1[CH][CH][C](C2=NCCO2)[CH]1.[Fe]. The van der Waals surface area contributed by atoms with Gasteiger partial charge in [-0.05, 0) is 57.8 Å². The maximum atomic E-state index is 5.25. The van der Waals surface area contributed by atoms with Crippen molar-refractivity contribution < 1.29 is 21.8 Å². The molecule has 3 aliphatic rings. The second-order valence-electron chi connectivity index (χ2n) is 3.17. The van der Waals surface area contributed by atoms with Crippen molar-refractivity contribution in [3.8, 4) is 0 Å². The van der Waals surface area contributed by atoms with Gasteiger partial charge in [0.1, 0.15) is 6.61 Å². The molecule has 0 unspecified atom stereocenters. The maximum absolute atomic E-state index is 5.25. The van der Waals surface area contributed by atoms with Gasteiger partial charge in [-0.25, -0.2) is 0 Å². The fourth-order valence-corrected chi connectivity index (χ4v) is 1.35. The molecule has 0 spiro atoms. The number of rotatable bonds is 1. The molecule has 0 N–H and O–H groups in total. The van der Waals surface area contributed by atoms with E-state index in [-0.39, 0.29) is 17.1 Å². The number of hydrogen-bond donors (Lipinski definition) is 0. The fraction of sp³-hybridized carbons (Fsp3) is 0.154. The molecule has 16 heavy (non-hydrogen) atoms. The Hall–Kier alpha value is -0.0105. The van der Waals surface area contributed by atoms with Crippen molar-refractivity contribution in [2.24, 2.45) is 4.99 Å². The van der Waals surface area contributed by atoms with Crippen LogP contribution in [-0.4, -0.2) is 19.0 Å². The van der Waals surface area contributed by atoms with E-state index in [4.69, 9.17) is 4.74 Å². The van der Waals surface area contributed by atoms with Gasteiger partial charge in [-0.2, -0.15) is 0 Å². The molecule has 10 radical (unpaired) electrons. The van der Waals surface area contributed by atoms with Crippen molar-refractivity contribution in [2.75, 3.05) is 13.2 Å². The maximum Gasteiger partial charge on any atom is 0.191 e. The van der Waals surface area contributed by atoms with Crippen LogP contribution in [0.5, 0.6) is 0 Å². The average molecular weight is 255 g/mol. The van der Waals surface area contributed by atoms with Gasteiger partial charge in [0.25, 0.3) is 0 Å². The van der Waals surface area contributed by atoms with Crippen molar-refractivity contribution in [1.29, 1.82) is 0 Å². The zero-order valence-corrected chi connectivity index (χ0v) is 9.92. The minimum atomic E-state index is 0. The van der Waals surface area contributed by atoms with Crippen molar-refractivity contribution in [1.82, 2.24) is 0 Å². The van der Waals surface area contributed by atoms with Gasteiger partial charge in [0.2, 0.25) is 0 Å². The summed E-state index contributed by atoms with van der Waals surface area (Å²) in [4.78, 5) is 4.17. The van der Waals surface area contributed by atoms with E-state index in [9.17, 15) is 0 Å². The predicted molar refractivity (Wildman–Crippen MR) is 60.2 cm³/mol. The molecule has 0 amide bonds. The van der Waals surface area contributed by atoms with Gasteiger partial charge in [-0.1, -0.05) is 0 Å². The summed E-state index contributed by atoms with van der Waals surface area (Å²) in [5, 5.41) is 0. The average Bonchev–Trinajstić information content (AvgIpc) is 3.06. The van der Waals surface area contributed by atoms with Gasteiger partial charge in [-0.3, -0.25) is 4.99 Å². The minimum absolute atomic E-state index is 0. The van der Waals surface area contributed by atoms with Gasteiger partial charge in [0, 0.05) is 17.1 Å². The smallest absolute Gasteiger partial charge is 0.191 e. The molecule has 0 atom stereocenters. The summed E-state index contributed by atoms with van der Waals surface area (Å²) in [7, 11) is 0. The van der Waals surface area contributed by atoms with Crippen LogP contribution in [0.15, 0.2) is 4.99 Å². The van der Waals surface area contributed by atoms with Gasteiger partial charge in [0.05, 0.1) is 12.5 Å². The Labute approximate surface area is 110 Å². The van der Waals surface area contributed by atoms with E-state index in [1.165, 1.54) is 0 Å². The number of hydrogen-bond acceptors (Lipinski definition) is 2. The molecule has 0 aromatic heterocycles. The molecular weight excluding hydrogens is 242 g/mol. The van der Waals surface area contributed by atoms with Crippen LogP contribution in [0.2, 0.25) is 0 Å². The molecule has 2 saturated carbocycles. The van der Waals surface area contributed by atoms with Crippen LogP contribution in [0.3, 0.4) is 0 Å². The van der Waals surface area contributed by atoms with Gasteiger partial charge in [-0.15, -0.1) is 0 Å². The van der Waals surface area contributed by atoms with Crippen molar-refractivity contribution in [3.05, 3.63) is 63.7 Å². The van der Waals surface area contributed by atoms with Crippen molar-refractivity contribution >= 4 is 5.90 Å². The molecule has 84 valence electrons. The third-order valence-electron chi connectivity index (χ3n) is 2.05. The van der Waals surface area contributed by atoms with E-state index < -0.39 is 0 Å². The van der Waals surface area contributed by atoms with E-state index in [0.29, 0.717) is 0 Å². The topological polar surface area (TPSA) is 21.6 Å². The molecule has 0 aromatic rings. The van der Waals surface area contributed by atoms with Crippen LogP contribution in [0, 0.1) is 63.7 Å². The summed E-state index contributed by atoms with van der Waals surface area (Å²) in [6.45, 7) is 1.54. The molecule has 0 saturated heterocycles. The normalized spacial score (nSPS) is 24.1. The molecule has 2 nitrogen and oxygen atoms in total. The van der Waals surface area contributed by atoms with Gasteiger partial charge < -0.3 is 4.74 Å². The quantitative estimate of drug-likeness (QED) is 0.655. The molecule has 0 aromatic carbocycles. The molecule has 0 bridgehead atoms. The molecule has 2 fully saturated rings. The molecule has 3 heteroatoms. The van der Waals surface area contributed by atoms with E-state index in [1.807, 2.05) is 57.8 Å². The molecule has 3 rings (SSSR count). The number of nitrogens with zero attached hydrogens (tertiary/aromatic N) is 1. The summed E-state index contributed by atoms with van der Waals surface area (Å²) in [5.41, 5.74) is 0. The van der Waals surface area contributed by atoms with Crippen LogP contribution in [0.1, 0.15) is 0 Å². The minimum Gasteiger partial charge on any atom is -0.479 e. The van der Waals surface area contributed by atoms with Gasteiger partial charge in [0.15, 0.2) is 5.90 Å². The molecule has 2 aliphatic carbocycles. The van der Waals surface area contributed by atoms with Crippen LogP contribution in [0.25, 0.3) is 0 Å². The molecule has 1 heterocycles. The summed E-state index contributed by atoms with van der Waals surface area (Å²) in [6.07, 6.45) is 18.0. The first-order chi connectivity index (χ1) is 7.47. The fourth-order valence-electron chi connectivity index (χ4n) is 1.35. The first kappa shape index (κ1) is 14.1. The van der Waals surface area contributed by atoms with E-state index in [2.05, 4.69) is 4.99 Å². The Morgan fingerprint density at radius 1 is 0.875 bits per heavy atom. The van der Waals surface area contributed by atoms with Crippen LogP contribution < -0.4 is 0 Å². The summed E-state index contributed by atoms with van der Waals surface area (Å²) in [6, 6.07) is 0. The zero-order chi connectivity index (χ0) is 10.3. The predicted octanol–water partition coefficient (Wildman–Crippen LogP) is 1.84. The third-order valence-corrected chi connectivity index (χ3v) is 2.05. The largest absolute Gasteiger partial charge is 0.479 e. The second-order valence-corrected chi connectivity index (χ2v) is 3.17. The summed E-state index contributed by atoms with van der Waals surface area (Å²) >= 11 is 0. The Bertz CT molecular complexity index is 200. The Morgan fingerprint density at radius 3 is 1.88 bits per heavy atom. The van der Waals surface area contributed by atoms with E-state index in [1.54, 1.807) is 0 Å².